The number of nitrogens with zero attached hydrogens (tertiary/aromatic N) is 5. The molecule has 0 radical (unpaired) electrons. The van der Waals surface area contributed by atoms with Crippen LogP contribution in [0.3, 0.4) is 0 Å². The van der Waals surface area contributed by atoms with Crippen molar-refractivity contribution in [2.24, 2.45) is 10.8 Å². The highest BCUT2D eigenvalue weighted by Crippen LogP contribution is 2.42. The van der Waals surface area contributed by atoms with Crippen molar-refractivity contribution in [3.8, 4) is 22.9 Å². The Morgan fingerprint density at radius 1 is 0.822 bits per heavy atom. The van der Waals surface area contributed by atoms with E-state index in [2.05, 4.69) is 60.3 Å². The maximum Gasteiger partial charge on any atom is 0.412 e. The number of aryl methyl sites for hydroxylation is 1. The Morgan fingerprint density at radius 3 is 2.27 bits per heavy atom. The molecule has 392 valence electrons. The number of hydrogen-bond acceptors (Lipinski definition) is 11. The Hall–Kier alpha value is -5.96. The van der Waals surface area contributed by atoms with Gasteiger partial charge >= 0.3 is 6.09 Å². The zero-order valence-corrected chi connectivity index (χ0v) is 44.4. The van der Waals surface area contributed by atoms with Gasteiger partial charge in [-0.3, -0.25) is 29.3 Å². The van der Waals surface area contributed by atoms with Crippen molar-refractivity contribution in [3.05, 3.63) is 118 Å². The van der Waals surface area contributed by atoms with Crippen LogP contribution in [0.15, 0.2) is 95.8 Å². The van der Waals surface area contributed by atoms with Gasteiger partial charge in [-0.15, -0.1) is 0 Å². The Balaban J connectivity index is 0.719. The van der Waals surface area contributed by atoms with Crippen molar-refractivity contribution >= 4 is 28.6 Å². The number of aromatic nitrogens is 2. The molecule has 0 saturated carbocycles. The number of piperazine rings is 1. The van der Waals surface area contributed by atoms with Crippen LogP contribution in [0.5, 0.6) is 17.2 Å². The Kier molecular flexibility index (Phi) is 17.8. The van der Waals surface area contributed by atoms with Crippen LogP contribution in [0, 0.1) is 17.8 Å². The molecule has 2 bridgehead atoms. The van der Waals surface area contributed by atoms with Crippen LogP contribution < -0.4 is 30.4 Å². The van der Waals surface area contributed by atoms with E-state index in [-0.39, 0.29) is 35.0 Å². The van der Waals surface area contributed by atoms with E-state index in [1.807, 2.05) is 97.6 Å². The molecular weight excluding hydrogens is 919 g/mol. The summed E-state index contributed by atoms with van der Waals surface area (Å²) in [5.41, 5.74) is 4.48. The fourth-order valence-corrected chi connectivity index (χ4v) is 11.7. The summed E-state index contributed by atoms with van der Waals surface area (Å²) in [5, 5.41) is 7.12. The summed E-state index contributed by atoms with van der Waals surface area (Å²) < 4.78 is 25.0. The second-order valence-electron chi connectivity index (χ2n) is 22.0. The number of fused-ring (bicyclic) bond motifs is 3. The van der Waals surface area contributed by atoms with Crippen LogP contribution in [0.25, 0.3) is 16.6 Å². The summed E-state index contributed by atoms with van der Waals surface area (Å²) in [6.07, 6.45) is 9.44. The molecule has 1 aromatic heterocycles. The van der Waals surface area contributed by atoms with E-state index < -0.39 is 6.09 Å². The first-order chi connectivity index (χ1) is 35.2. The average Bonchev–Trinajstić information content (AvgIpc) is 3.36. The van der Waals surface area contributed by atoms with Gasteiger partial charge in [0, 0.05) is 57.6 Å². The van der Waals surface area contributed by atoms with Crippen molar-refractivity contribution in [3.63, 3.8) is 0 Å². The largest absolute Gasteiger partial charge is 0.495 e. The molecule has 0 spiro atoms. The number of methoxy groups -OCH3 is 1. The molecule has 14 nitrogen and oxygen atoms in total. The monoisotopic (exact) mass is 998 g/mol. The van der Waals surface area contributed by atoms with Gasteiger partial charge in [0.05, 0.1) is 42.5 Å². The van der Waals surface area contributed by atoms with E-state index in [9.17, 15) is 14.4 Å². The number of rotatable bonds is 22. The van der Waals surface area contributed by atoms with Crippen molar-refractivity contribution in [1.29, 1.82) is 0 Å². The molecule has 2 amide bonds. The molecule has 2 unspecified atom stereocenters. The van der Waals surface area contributed by atoms with Crippen LogP contribution >= 0.6 is 0 Å². The molecule has 4 aromatic carbocycles. The lowest BCUT2D eigenvalue weighted by Gasteiger charge is -2.49. The number of ether oxygens (including phenoxy) is 4. The topological polar surface area (TPSA) is 140 Å². The molecule has 3 aliphatic rings. The highest BCUT2D eigenvalue weighted by atomic mass is 16.6. The quantitative estimate of drug-likeness (QED) is 0.0641. The number of nitrogens with one attached hydrogen (secondary N) is 2. The standard InChI is InChI=1S/C59H79N7O7/c1-8-71-53-20-12-11-19-51(53)66-54(61-49-18-10-9-17-48(49)56(66)68)39-63-31-33-64(34-32-63)55(67)40-72-46-24-22-43(23-25-46)38-60-29-14-27-58(3,4)41-59(5,6)28-30-65-44-15-13-16-45(65)37-47(36-44)73-57(69)62-50-35-42(2)21-26-52(50)70-7/h9-12,17-26,35,44-45,47,60H,8,13-16,27-34,36-41H2,1-7H3,(H,62,69). The number of piperidine rings is 2. The van der Waals surface area contributed by atoms with Gasteiger partial charge in [-0.25, -0.2) is 9.78 Å². The minimum Gasteiger partial charge on any atom is -0.495 e. The van der Waals surface area contributed by atoms with Crippen molar-refractivity contribution in [1.82, 2.24) is 29.6 Å². The molecule has 8 rings (SSSR count). The van der Waals surface area contributed by atoms with Gasteiger partial charge in [0.25, 0.3) is 11.5 Å². The first-order valence-electron chi connectivity index (χ1n) is 26.7. The predicted molar refractivity (Wildman–Crippen MR) is 289 cm³/mol. The molecular formula is C59H79N7O7. The predicted octanol–water partition coefficient (Wildman–Crippen LogP) is 10.2. The molecule has 3 fully saturated rings. The molecule has 14 heteroatoms. The molecule has 5 aromatic rings. The number of hydrogen-bond donors (Lipinski definition) is 2. The first kappa shape index (κ1) is 53.3. The fourth-order valence-electron chi connectivity index (χ4n) is 11.7. The second kappa shape index (κ2) is 24.4. The Labute approximate surface area is 432 Å². The van der Waals surface area contributed by atoms with Crippen molar-refractivity contribution in [2.45, 2.75) is 131 Å². The van der Waals surface area contributed by atoms with Gasteiger partial charge in [-0.2, -0.15) is 0 Å². The third-order valence-corrected chi connectivity index (χ3v) is 15.1. The summed E-state index contributed by atoms with van der Waals surface area (Å²) in [6.45, 7) is 19.8. The van der Waals surface area contributed by atoms with Crippen LogP contribution in [0.2, 0.25) is 0 Å². The summed E-state index contributed by atoms with van der Waals surface area (Å²) in [4.78, 5) is 52.0. The SMILES string of the molecule is CCOc1ccccc1-n1c(CN2CCN(C(=O)COc3ccc(CNCCCC(C)(C)CC(C)(C)CCN4C5CCCC4CC(OC(=O)Nc4cc(C)ccc4OC)C5)cc3)CC2)nc2ccccc2c1=O. The van der Waals surface area contributed by atoms with Crippen LogP contribution in [-0.2, 0) is 22.6 Å². The number of benzene rings is 4. The lowest BCUT2D eigenvalue weighted by molar-refractivity contribution is -0.135. The Bertz CT molecular complexity index is 2680. The van der Waals surface area contributed by atoms with Crippen LogP contribution in [-0.4, -0.2) is 114 Å². The second-order valence-corrected chi connectivity index (χ2v) is 22.0. The number of anilines is 1. The van der Waals surface area contributed by atoms with Gasteiger partial charge in [0.1, 0.15) is 29.2 Å². The lowest BCUT2D eigenvalue weighted by atomic mass is 9.71. The first-order valence-corrected chi connectivity index (χ1v) is 26.7. The zero-order chi connectivity index (χ0) is 51.5. The molecule has 4 heterocycles. The lowest BCUT2D eigenvalue weighted by Crippen LogP contribution is -2.55. The molecule has 3 aliphatic heterocycles. The van der Waals surface area contributed by atoms with Crippen molar-refractivity contribution < 1.29 is 28.5 Å². The highest BCUT2D eigenvalue weighted by Gasteiger charge is 2.41. The van der Waals surface area contributed by atoms with Gasteiger partial charge < -0.3 is 29.2 Å². The van der Waals surface area contributed by atoms with Gasteiger partial charge in [0.2, 0.25) is 0 Å². The van der Waals surface area contributed by atoms with Gasteiger partial charge in [0.15, 0.2) is 6.61 Å². The van der Waals surface area contributed by atoms with Crippen LogP contribution in [0.1, 0.15) is 109 Å². The number of para-hydroxylation sites is 3. The maximum atomic E-state index is 13.9. The summed E-state index contributed by atoms with van der Waals surface area (Å²) in [7, 11) is 1.61. The summed E-state index contributed by atoms with van der Waals surface area (Å²) in [6, 6.07) is 29.7. The molecule has 2 atom stereocenters. The zero-order valence-electron chi connectivity index (χ0n) is 44.4. The average molecular weight is 998 g/mol. The van der Waals surface area contributed by atoms with Gasteiger partial charge in [-0.1, -0.05) is 76.6 Å². The van der Waals surface area contributed by atoms with Crippen LogP contribution in [0.4, 0.5) is 10.5 Å². The summed E-state index contributed by atoms with van der Waals surface area (Å²) in [5.74, 6) is 2.52. The van der Waals surface area contributed by atoms with E-state index in [1.165, 1.54) is 12.0 Å². The van der Waals surface area contributed by atoms with E-state index in [0.29, 0.717) is 96.8 Å². The molecule has 2 N–H and O–H groups in total. The number of carbonyl (C=O) groups excluding carboxylic acids is 2. The molecule has 73 heavy (non-hydrogen) atoms. The minimum atomic E-state index is -0.404. The smallest absolute Gasteiger partial charge is 0.412 e. The number of amides is 2. The number of carbonyl (C=O) groups is 2. The minimum absolute atomic E-state index is 0.0207. The normalized spacial score (nSPS) is 18.6. The van der Waals surface area contributed by atoms with Gasteiger partial charge in [-0.05, 0) is 136 Å². The van der Waals surface area contributed by atoms with E-state index in [1.54, 1.807) is 11.7 Å². The molecule has 0 aliphatic carbocycles. The fraction of sp³-hybridized carbons (Fsp3) is 0.525. The third kappa shape index (κ3) is 14.2. The summed E-state index contributed by atoms with van der Waals surface area (Å²) >= 11 is 0. The Morgan fingerprint density at radius 2 is 1.53 bits per heavy atom. The van der Waals surface area contributed by atoms with E-state index in [4.69, 9.17) is 23.9 Å². The third-order valence-electron chi connectivity index (χ3n) is 15.1. The maximum absolute atomic E-state index is 13.9. The molecule has 3 saturated heterocycles. The van der Waals surface area contributed by atoms with Crippen molar-refractivity contribution in [2.75, 3.05) is 64.9 Å². The van der Waals surface area contributed by atoms with E-state index >= 15 is 0 Å². The van der Waals surface area contributed by atoms with E-state index in [0.717, 1.165) is 76.6 Å². The highest BCUT2D eigenvalue weighted by molar-refractivity contribution is 5.87.